The van der Waals surface area contributed by atoms with Crippen LogP contribution >= 0.6 is 0 Å². The summed E-state index contributed by atoms with van der Waals surface area (Å²) in [4.78, 5) is 13.6. The van der Waals surface area contributed by atoms with Gasteiger partial charge in [-0.15, -0.1) is 0 Å². The molecule has 0 aliphatic rings. The van der Waals surface area contributed by atoms with Crippen molar-refractivity contribution >= 4 is 0 Å². The first-order chi connectivity index (χ1) is 14.7. The third kappa shape index (κ3) is 8.11. The molecule has 2 radical (unpaired) electrons. The Morgan fingerprint density at radius 3 is 1.34 bits per heavy atom. The van der Waals surface area contributed by atoms with Gasteiger partial charge in [0.2, 0.25) is 0 Å². The van der Waals surface area contributed by atoms with Crippen molar-refractivity contribution in [3.63, 3.8) is 0 Å². The van der Waals surface area contributed by atoms with Gasteiger partial charge in [-0.05, 0) is 12.1 Å². The Labute approximate surface area is 240 Å². The molecule has 0 saturated carbocycles. The zero-order valence-electron chi connectivity index (χ0n) is 18.9. The smallest absolute Gasteiger partial charge is 0.167 e. The standard InChI is InChI=1S/C21H15N3O2.2C2H6.2Y/c25-16-11-12-17(18(26)13-16)21-23-19(14-7-3-1-4-8-14)22-20(24-21)15-9-5-2-6-10-15;2*1-2;;/h1-13,25-26H;2*1-2H3;;. The molecule has 0 fully saturated rings. The first-order valence-electron chi connectivity index (χ1n) is 10.1. The first kappa shape index (κ1) is 30.5. The maximum absolute atomic E-state index is 10.2. The van der Waals surface area contributed by atoms with E-state index >= 15 is 0 Å². The Morgan fingerprint density at radius 1 is 0.531 bits per heavy atom. The normalized spacial score (nSPS) is 9.00. The van der Waals surface area contributed by atoms with Crippen LogP contribution in [0.4, 0.5) is 0 Å². The van der Waals surface area contributed by atoms with E-state index in [2.05, 4.69) is 15.0 Å². The number of phenols is 2. The second kappa shape index (κ2) is 16.1. The van der Waals surface area contributed by atoms with E-state index in [4.69, 9.17) is 0 Å². The van der Waals surface area contributed by atoms with Crippen molar-refractivity contribution in [1.82, 2.24) is 15.0 Å². The molecule has 1 aromatic heterocycles. The van der Waals surface area contributed by atoms with Gasteiger partial charge < -0.3 is 10.2 Å². The van der Waals surface area contributed by atoms with Gasteiger partial charge in [-0.3, -0.25) is 0 Å². The number of phenolic OH excluding ortho intramolecular Hbond substituents is 2. The van der Waals surface area contributed by atoms with Crippen LogP contribution in [0.15, 0.2) is 78.9 Å². The van der Waals surface area contributed by atoms with Crippen molar-refractivity contribution in [1.29, 1.82) is 0 Å². The van der Waals surface area contributed by atoms with Crippen LogP contribution in [0.25, 0.3) is 34.2 Å². The van der Waals surface area contributed by atoms with E-state index in [0.29, 0.717) is 23.0 Å². The van der Waals surface area contributed by atoms with Crippen LogP contribution in [-0.2, 0) is 65.4 Å². The third-order valence-electron chi connectivity index (χ3n) is 3.92. The van der Waals surface area contributed by atoms with E-state index in [0.717, 1.165) is 11.1 Å². The SMILES string of the molecule is CC.CC.Oc1ccc(-c2nc(-c3ccccc3)nc(-c3ccccc3)n2)c(O)c1.[Y].[Y]. The van der Waals surface area contributed by atoms with E-state index in [1.165, 1.54) is 12.1 Å². The van der Waals surface area contributed by atoms with Crippen molar-refractivity contribution in [3.8, 4) is 45.7 Å². The van der Waals surface area contributed by atoms with Gasteiger partial charge in [-0.25, -0.2) is 15.0 Å². The second-order valence-corrected chi connectivity index (χ2v) is 5.74. The third-order valence-corrected chi connectivity index (χ3v) is 3.92. The number of hydrogen-bond donors (Lipinski definition) is 2. The fraction of sp³-hybridized carbons (Fsp3) is 0.160. The number of rotatable bonds is 3. The topological polar surface area (TPSA) is 79.1 Å². The maximum Gasteiger partial charge on any atom is 0.167 e. The van der Waals surface area contributed by atoms with Crippen LogP contribution in [0.1, 0.15) is 27.7 Å². The summed E-state index contributed by atoms with van der Waals surface area (Å²) in [5, 5.41) is 19.7. The zero-order chi connectivity index (χ0) is 21.9. The van der Waals surface area contributed by atoms with Gasteiger partial charge in [-0.1, -0.05) is 88.4 Å². The number of nitrogens with zero attached hydrogens (tertiary/aromatic N) is 3. The zero-order valence-corrected chi connectivity index (χ0v) is 24.6. The van der Waals surface area contributed by atoms with Gasteiger partial charge in [0.15, 0.2) is 17.5 Å². The largest absolute Gasteiger partial charge is 0.508 e. The molecule has 0 spiro atoms. The Morgan fingerprint density at radius 2 is 0.938 bits per heavy atom. The summed E-state index contributed by atoms with van der Waals surface area (Å²) in [6, 6.07) is 23.5. The van der Waals surface area contributed by atoms with E-state index in [-0.39, 0.29) is 76.9 Å². The quantitative estimate of drug-likeness (QED) is 0.297. The monoisotopic (exact) mass is 579 g/mol. The molecule has 0 unspecified atom stereocenters. The minimum atomic E-state index is -0.0887. The van der Waals surface area contributed by atoms with E-state index < -0.39 is 0 Å². The molecule has 7 heteroatoms. The van der Waals surface area contributed by atoms with Gasteiger partial charge in [0.05, 0.1) is 5.56 Å². The van der Waals surface area contributed by atoms with E-state index in [1.54, 1.807) is 6.07 Å². The number of benzene rings is 3. The van der Waals surface area contributed by atoms with E-state index in [9.17, 15) is 10.2 Å². The van der Waals surface area contributed by atoms with Crippen molar-refractivity contribution < 1.29 is 75.6 Å². The molecule has 0 bridgehead atoms. The summed E-state index contributed by atoms with van der Waals surface area (Å²) in [6.07, 6.45) is 0. The molecule has 0 amide bonds. The molecule has 5 nitrogen and oxygen atoms in total. The predicted molar refractivity (Wildman–Crippen MR) is 122 cm³/mol. The minimum Gasteiger partial charge on any atom is -0.508 e. The summed E-state index contributed by atoms with van der Waals surface area (Å²) in [5.41, 5.74) is 2.14. The predicted octanol–water partition coefficient (Wildman–Crippen LogP) is 6.33. The Kier molecular flexibility index (Phi) is 15.4. The summed E-state index contributed by atoms with van der Waals surface area (Å²) < 4.78 is 0. The Hall–Kier alpha value is -1.52. The maximum atomic E-state index is 10.2. The van der Waals surface area contributed by atoms with Crippen LogP contribution in [0.3, 0.4) is 0 Å². The van der Waals surface area contributed by atoms with Crippen molar-refractivity contribution in [2.24, 2.45) is 0 Å². The molecule has 0 aliphatic heterocycles. The second-order valence-electron chi connectivity index (χ2n) is 5.74. The van der Waals surface area contributed by atoms with Gasteiger partial charge >= 0.3 is 0 Å². The van der Waals surface area contributed by atoms with Crippen LogP contribution in [-0.4, -0.2) is 25.2 Å². The van der Waals surface area contributed by atoms with Gasteiger partial charge in [0, 0.05) is 82.6 Å². The first-order valence-corrected chi connectivity index (χ1v) is 10.1. The molecule has 160 valence electrons. The molecule has 0 atom stereocenters. The van der Waals surface area contributed by atoms with Gasteiger partial charge in [-0.2, -0.15) is 0 Å². The molecule has 0 saturated heterocycles. The Bertz CT molecular complexity index is 1010. The molecule has 4 aromatic rings. The van der Waals surface area contributed by atoms with E-state index in [1.807, 2.05) is 88.4 Å². The molecular formula is C25H27N3O2Y2. The van der Waals surface area contributed by atoms with Gasteiger partial charge in [0.1, 0.15) is 11.5 Å². The molecule has 1 heterocycles. The molecule has 2 N–H and O–H groups in total. The summed E-state index contributed by atoms with van der Waals surface area (Å²) in [6.45, 7) is 8.00. The average molecular weight is 579 g/mol. The van der Waals surface area contributed by atoms with Crippen molar-refractivity contribution in [2.45, 2.75) is 27.7 Å². The van der Waals surface area contributed by atoms with Gasteiger partial charge in [0.25, 0.3) is 0 Å². The summed E-state index contributed by atoms with van der Waals surface area (Å²) >= 11 is 0. The molecule has 0 aliphatic carbocycles. The number of aromatic hydroxyl groups is 2. The fourth-order valence-electron chi connectivity index (χ4n) is 2.64. The molecule has 3 aromatic carbocycles. The summed E-state index contributed by atoms with van der Waals surface area (Å²) in [5.74, 6) is 1.26. The van der Waals surface area contributed by atoms with Crippen LogP contribution in [0.5, 0.6) is 11.5 Å². The minimum absolute atomic E-state index is 0. The number of hydrogen-bond acceptors (Lipinski definition) is 5. The summed E-state index contributed by atoms with van der Waals surface area (Å²) in [7, 11) is 0. The van der Waals surface area contributed by atoms with Crippen molar-refractivity contribution in [2.75, 3.05) is 0 Å². The fourth-order valence-corrected chi connectivity index (χ4v) is 2.64. The van der Waals surface area contributed by atoms with Crippen LogP contribution < -0.4 is 0 Å². The number of aromatic nitrogens is 3. The van der Waals surface area contributed by atoms with Crippen molar-refractivity contribution in [3.05, 3.63) is 78.9 Å². The molecular weight excluding hydrogens is 552 g/mol. The molecule has 4 rings (SSSR count). The van der Waals surface area contributed by atoms with Crippen LogP contribution in [0, 0.1) is 0 Å². The molecule has 32 heavy (non-hydrogen) atoms. The Balaban J connectivity index is 0.00000152. The van der Waals surface area contributed by atoms with Crippen LogP contribution in [0.2, 0.25) is 0 Å². The average Bonchev–Trinajstić information content (AvgIpc) is 2.82.